The third kappa shape index (κ3) is 2.48. The molecule has 1 rings (SSSR count). The van der Waals surface area contributed by atoms with Crippen LogP contribution in [0.3, 0.4) is 0 Å². The molecule has 0 spiro atoms. The second-order valence-electron chi connectivity index (χ2n) is 2.65. The first-order chi connectivity index (χ1) is 5.72. The van der Waals surface area contributed by atoms with E-state index in [0.29, 0.717) is 6.54 Å². The fourth-order valence-electron chi connectivity index (χ4n) is 0.950. The number of hydrogen-bond donors (Lipinski definition) is 1. The number of hydrogen-bond acceptors (Lipinski definition) is 4. The molecule has 0 bridgehead atoms. The summed E-state index contributed by atoms with van der Waals surface area (Å²) in [5, 5.41) is 1.59. The van der Waals surface area contributed by atoms with Crippen LogP contribution in [-0.4, -0.2) is 24.2 Å². The van der Waals surface area contributed by atoms with Crippen LogP contribution >= 0.6 is 0 Å². The van der Waals surface area contributed by atoms with Gasteiger partial charge in [-0.1, -0.05) is 0 Å². The maximum absolute atomic E-state index is 5.48. The van der Waals surface area contributed by atoms with Gasteiger partial charge >= 0.3 is 0 Å². The van der Waals surface area contributed by atoms with Gasteiger partial charge in [-0.15, -0.1) is 0 Å². The number of ether oxygens (including phenoxy) is 1. The van der Waals surface area contributed by atoms with Crippen LogP contribution in [-0.2, 0) is 6.54 Å². The van der Waals surface area contributed by atoms with E-state index in [2.05, 4.69) is 4.98 Å². The first-order valence-electron chi connectivity index (χ1n) is 3.66. The van der Waals surface area contributed by atoms with Crippen molar-refractivity contribution < 1.29 is 4.74 Å². The molecule has 0 fully saturated rings. The molecule has 0 aliphatic rings. The fourth-order valence-corrected chi connectivity index (χ4v) is 0.950. The third-order valence-electron chi connectivity index (χ3n) is 1.44. The highest BCUT2D eigenvalue weighted by Gasteiger charge is 1.97. The molecule has 4 nitrogen and oxygen atoms in total. The van der Waals surface area contributed by atoms with E-state index in [-0.39, 0.29) is 0 Å². The molecule has 0 aromatic carbocycles. The molecule has 1 aromatic rings. The summed E-state index contributed by atoms with van der Waals surface area (Å²) in [4.78, 5) is 4.00. The van der Waals surface area contributed by atoms with E-state index in [1.54, 1.807) is 31.6 Å². The molecule has 0 amide bonds. The van der Waals surface area contributed by atoms with Gasteiger partial charge in [-0.3, -0.25) is 10.8 Å². The summed E-state index contributed by atoms with van der Waals surface area (Å²) < 4.78 is 5.01. The largest absolute Gasteiger partial charge is 0.495 e. The van der Waals surface area contributed by atoms with Crippen molar-refractivity contribution in [2.45, 2.75) is 6.54 Å². The summed E-state index contributed by atoms with van der Waals surface area (Å²) in [6.45, 7) is 0.671. The lowest BCUT2D eigenvalue weighted by atomic mass is 10.3. The van der Waals surface area contributed by atoms with Crippen molar-refractivity contribution in [2.75, 3.05) is 14.2 Å². The Balaban J connectivity index is 2.72. The number of methoxy groups -OCH3 is 1. The van der Waals surface area contributed by atoms with Gasteiger partial charge in [-0.05, 0) is 11.6 Å². The lowest BCUT2D eigenvalue weighted by Gasteiger charge is -2.09. The van der Waals surface area contributed by atoms with Gasteiger partial charge in [0, 0.05) is 19.8 Å². The normalized spacial score (nSPS) is 10.3. The number of pyridine rings is 1. The van der Waals surface area contributed by atoms with E-state index >= 15 is 0 Å². The fraction of sp³-hybridized carbons (Fsp3) is 0.375. The highest BCUT2D eigenvalue weighted by Crippen LogP contribution is 2.10. The third-order valence-corrected chi connectivity index (χ3v) is 1.44. The van der Waals surface area contributed by atoms with Crippen molar-refractivity contribution in [3.05, 3.63) is 24.0 Å². The van der Waals surface area contributed by atoms with Crippen LogP contribution in [0.1, 0.15) is 5.56 Å². The monoisotopic (exact) mass is 167 g/mol. The molecular weight excluding hydrogens is 154 g/mol. The first kappa shape index (κ1) is 8.96. The molecule has 0 unspecified atom stereocenters. The van der Waals surface area contributed by atoms with E-state index in [4.69, 9.17) is 10.6 Å². The molecule has 0 atom stereocenters. The number of hydrazine groups is 1. The van der Waals surface area contributed by atoms with Crippen molar-refractivity contribution in [2.24, 2.45) is 5.84 Å². The molecule has 12 heavy (non-hydrogen) atoms. The van der Waals surface area contributed by atoms with E-state index < -0.39 is 0 Å². The van der Waals surface area contributed by atoms with Crippen LogP contribution in [0.2, 0.25) is 0 Å². The summed E-state index contributed by atoms with van der Waals surface area (Å²) in [6, 6.07) is 1.91. The number of aromatic nitrogens is 1. The molecule has 2 N–H and O–H groups in total. The lowest BCUT2D eigenvalue weighted by Crippen LogP contribution is -2.25. The smallest absolute Gasteiger partial charge is 0.137 e. The minimum absolute atomic E-state index is 0.671. The van der Waals surface area contributed by atoms with E-state index in [9.17, 15) is 0 Å². The topological polar surface area (TPSA) is 51.4 Å². The average molecular weight is 167 g/mol. The van der Waals surface area contributed by atoms with Gasteiger partial charge in [0.25, 0.3) is 0 Å². The van der Waals surface area contributed by atoms with Crippen molar-refractivity contribution >= 4 is 0 Å². The molecule has 66 valence electrons. The maximum Gasteiger partial charge on any atom is 0.137 e. The Bertz CT molecular complexity index is 250. The Kier molecular flexibility index (Phi) is 3.01. The van der Waals surface area contributed by atoms with E-state index in [0.717, 1.165) is 11.3 Å². The Morgan fingerprint density at radius 2 is 2.33 bits per heavy atom. The van der Waals surface area contributed by atoms with Crippen LogP contribution in [0, 0.1) is 0 Å². The number of nitrogens with two attached hydrogens (primary N) is 1. The van der Waals surface area contributed by atoms with Gasteiger partial charge < -0.3 is 4.74 Å². The van der Waals surface area contributed by atoms with Gasteiger partial charge in [-0.2, -0.15) is 0 Å². The average Bonchev–Trinajstić information content (AvgIpc) is 2.03. The first-order valence-corrected chi connectivity index (χ1v) is 3.66. The van der Waals surface area contributed by atoms with Crippen molar-refractivity contribution in [1.82, 2.24) is 9.99 Å². The predicted molar refractivity (Wildman–Crippen MR) is 46.4 cm³/mol. The second kappa shape index (κ2) is 4.04. The second-order valence-corrected chi connectivity index (χ2v) is 2.65. The van der Waals surface area contributed by atoms with Crippen LogP contribution in [0.4, 0.5) is 0 Å². The lowest BCUT2D eigenvalue weighted by molar-refractivity contribution is 0.339. The van der Waals surface area contributed by atoms with Gasteiger partial charge in [0.15, 0.2) is 0 Å². The number of nitrogens with zero attached hydrogens (tertiary/aromatic N) is 2. The summed E-state index contributed by atoms with van der Waals surface area (Å²) in [6.07, 6.45) is 3.44. The van der Waals surface area contributed by atoms with Gasteiger partial charge in [0.1, 0.15) is 5.75 Å². The predicted octanol–water partition coefficient (Wildman–Crippen LogP) is 0.396. The minimum atomic E-state index is 0.671. The molecule has 0 saturated carbocycles. The van der Waals surface area contributed by atoms with Crippen molar-refractivity contribution in [1.29, 1.82) is 0 Å². The minimum Gasteiger partial charge on any atom is -0.495 e. The Morgan fingerprint density at radius 3 is 2.92 bits per heavy atom. The van der Waals surface area contributed by atoms with Crippen molar-refractivity contribution in [3.8, 4) is 5.75 Å². The van der Waals surface area contributed by atoms with Gasteiger partial charge in [0.2, 0.25) is 0 Å². The molecule has 1 aromatic heterocycles. The van der Waals surface area contributed by atoms with Crippen LogP contribution in [0.25, 0.3) is 0 Å². The summed E-state index contributed by atoms with van der Waals surface area (Å²) in [7, 11) is 3.42. The highest BCUT2D eigenvalue weighted by molar-refractivity contribution is 5.23. The van der Waals surface area contributed by atoms with Crippen LogP contribution in [0.5, 0.6) is 5.75 Å². The SMILES string of the molecule is COc1cncc(CN(C)N)c1. The van der Waals surface area contributed by atoms with Gasteiger partial charge in [-0.25, -0.2) is 5.01 Å². The number of rotatable bonds is 3. The molecule has 0 aliphatic carbocycles. The van der Waals surface area contributed by atoms with Crippen LogP contribution < -0.4 is 10.6 Å². The van der Waals surface area contributed by atoms with Crippen LogP contribution in [0.15, 0.2) is 18.5 Å². The molecule has 0 radical (unpaired) electrons. The molecular formula is C8H13N3O. The van der Waals surface area contributed by atoms with E-state index in [1.807, 2.05) is 6.07 Å². The standard InChI is InChI=1S/C8H13N3O/c1-11(9)6-7-3-8(12-2)5-10-4-7/h3-5H,6,9H2,1-2H3. The molecule has 0 saturated heterocycles. The summed E-state index contributed by atoms with van der Waals surface area (Å²) in [5.74, 6) is 6.24. The van der Waals surface area contributed by atoms with Crippen molar-refractivity contribution in [3.63, 3.8) is 0 Å². The van der Waals surface area contributed by atoms with Gasteiger partial charge in [0.05, 0.1) is 13.3 Å². The zero-order chi connectivity index (χ0) is 8.97. The summed E-state index contributed by atoms with van der Waals surface area (Å²) >= 11 is 0. The van der Waals surface area contributed by atoms with E-state index in [1.165, 1.54) is 0 Å². The zero-order valence-electron chi connectivity index (χ0n) is 7.32. The molecule has 0 aliphatic heterocycles. The highest BCUT2D eigenvalue weighted by atomic mass is 16.5. The molecule has 4 heteroatoms. The Hall–Kier alpha value is -1.13. The summed E-state index contributed by atoms with van der Waals surface area (Å²) in [5.41, 5.74) is 1.04. The Labute approximate surface area is 71.9 Å². The zero-order valence-corrected chi connectivity index (χ0v) is 7.32. The maximum atomic E-state index is 5.48. The molecule has 1 heterocycles. The Morgan fingerprint density at radius 1 is 1.58 bits per heavy atom. The quantitative estimate of drug-likeness (QED) is 0.523.